The van der Waals surface area contributed by atoms with Gasteiger partial charge < -0.3 is 16.2 Å². The second-order valence-electron chi connectivity index (χ2n) is 19.2. The third-order valence-corrected chi connectivity index (χ3v) is 13.4. The van der Waals surface area contributed by atoms with Gasteiger partial charge in [0.25, 0.3) is 0 Å². The fraction of sp³-hybridized carbons (Fsp3) is 0.981. The van der Waals surface area contributed by atoms with E-state index in [1.807, 2.05) is 0 Å². The zero-order valence-electron chi connectivity index (χ0n) is 41.6. The third kappa shape index (κ3) is 38.1. The van der Waals surface area contributed by atoms with Gasteiger partial charge in [-0.05, 0) is 25.7 Å². The Labute approximate surface area is 384 Å². The van der Waals surface area contributed by atoms with Gasteiger partial charge in [-0.25, -0.2) is 0 Å². The summed E-state index contributed by atoms with van der Waals surface area (Å²) < 4.78 is 6.38. The molecule has 0 rings (SSSR count). The maximum Gasteiger partial charge on any atom is 0.326 e. The highest BCUT2D eigenvalue weighted by molar-refractivity contribution is 5.85. The topological polar surface area (TPSA) is 81.6 Å². The molecule has 0 heterocycles. The first kappa shape index (κ1) is 61.7. The average Bonchev–Trinajstić information content (AvgIpc) is 3.23. The van der Waals surface area contributed by atoms with E-state index in [4.69, 9.17) is 16.2 Å². The molecule has 60 heavy (non-hydrogen) atoms. The second-order valence-corrected chi connectivity index (χ2v) is 19.2. The molecule has 0 saturated heterocycles. The number of nitrogens with two attached hydrogens (primary N) is 2. The summed E-state index contributed by atoms with van der Waals surface area (Å²) in [4.78, 5) is 17.2. The van der Waals surface area contributed by atoms with Crippen LogP contribution in [0.4, 0.5) is 0 Å². The van der Waals surface area contributed by atoms with E-state index in [-0.39, 0.29) is 24.4 Å². The predicted molar refractivity (Wildman–Crippen MR) is 271 cm³/mol. The Hall–Kier alpha value is -0.360. The van der Waals surface area contributed by atoms with E-state index in [1.54, 1.807) is 0 Å². The van der Waals surface area contributed by atoms with E-state index in [9.17, 15) is 4.79 Å². The first-order valence-electron chi connectivity index (χ1n) is 27.4. The molecule has 0 aliphatic heterocycles. The number of carbonyl (C=O) groups is 1. The Balaban J connectivity index is 0. The first-order chi connectivity index (χ1) is 29.0. The first-order valence-corrected chi connectivity index (χ1v) is 27.4. The van der Waals surface area contributed by atoms with Gasteiger partial charge in [0.1, 0.15) is 5.54 Å². The van der Waals surface area contributed by atoms with Gasteiger partial charge in [-0.1, -0.05) is 278 Å². The Kier molecular flexibility index (Phi) is 51.1. The molecule has 0 saturated carbocycles. The van der Waals surface area contributed by atoms with E-state index in [0.717, 1.165) is 51.5 Å². The molecular weight excluding hydrogens is 758 g/mol. The lowest BCUT2D eigenvalue weighted by Crippen LogP contribution is -2.59. The number of halogens is 1. The molecule has 0 amide bonds. The molecule has 0 aromatic rings. The zero-order chi connectivity index (χ0) is 43.2. The van der Waals surface area contributed by atoms with Crippen LogP contribution < -0.4 is 11.5 Å². The molecule has 0 spiro atoms. The van der Waals surface area contributed by atoms with Crippen LogP contribution in [0.15, 0.2) is 0 Å². The molecule has 4 N–H and O–H groups in total. The van der Waals surface area contributed by atoms with Crippen LogP contribution in [-0.2, 0) is 9.53 Å². The molecule has 362 valence electrons. The van der Waals surface area contributed by atoms with E-state index in [2.05, 4.69) is 32.6 Å². The van der Waals surface area contributed by atoms with Gasteiger partial charge in [0.2, 0.25) is 0 Å². The van der Waals surface area contributed by atoms with Crippen LogP contribution in [0.25, 0.3) is 0 Å². The van der Waals surface area contributed by atoms with Crippen molar-refractivity contribution in [1.29, 1.82) is 0 Å². The smallest absolute Gasteiger partial charge is 0.326 e. The summed E-state index contributed by atoms with van der Waals surface area (Å²) >= 11 is 0. The SMILES string of the molecule is CCCCCCCCCCCCOC(=O)C(CCCCCCCCCCCC)(CCCCCCCCCCCC)N(CCN)CC(N)CCCCCCCCCCCC.Cl. The van der Waals surface area contributed by atoms with Crippen LogP contribution in [0, 0.1) is 0 Å². The van der Waals surface area contributed by atoms with E-state index < -0.39 is 5.54 Å². The molecule has 6 heteroatoms. The van der Waals surface area contributed by atoms with Crippen molar-refractivity contribution in [2.24, 2.45) is 11.5 Å². The largest absolute Gasteiger partial charge is 0.464 e. The number of esters is 1. The summed E-state index contributed by atoms with van der Waals surface area (Å²) in [7, 11) is 0. The average molecular weight is 871 g/mol. The summed E-state index contributed by atoms with van der Waals surface area (Å²) in [6.07, 6.45) is 55.1. The number of ether oxygens (including phenoxy) is 1. The standard InChI is InChI=1S/C54H111N3O2.ClH/c1-5-9-13-17-21-25-29-33-37-41-45-52(56)51-57(49-48-55)54(46-42-38-34-30-26-22-18-14-10-6-2,47-43-39-35-31-27-23-19-15-11-7-3)53(58)59-50-44-40-36-32-28-24-20-16-12-8-4;/h52H,5-51,55-56H2,1-4H3;1H. The van der Waals surface area contributed by atoms with Crippen molar-refractivity contribution < 1.29 is 9.53 Å². The lowest BCUT2D eigenvalue weighted by molar-refractivity contribution is -0.160. The van der Waals surface area contributed by atoms with Gasteiger partial charge in [-0.2, -0.15) is 0 Å². The van der Waals surface area contributed by atoms with Gasteiger partial charge in [0, 0.05) is 25.7 Å². The number of rotatable bonds is 50. The molecule has 1 atom stereocenters. The Morgan fingerprint density at radius 3 is 1.05 bits per heavy atom. The quantitative estimate of drug-likeness (QED) is 0.0470. The molecule has 5 nitrogen and oxygen atoms in total. The van der Waals surface area contributed by atoms with Crippen LogP contribution in [-0.4, -0.2) is 48.7 Å². The highest BCUT2D eigenvalue weighted by Crippen LogP contribution is 2.33. The van der Waals surface area contributed by atoms with Gasteiger partial charge in [0.15, 0.2) is 0 Å². The number of carbonyl (C=O) groups excluding carboxylic acids is 1. The molecule has 0 aliphatic rings. The molecular formula is C54H112ClN3O2. The maximum atomic E-state index is 14.7. The van der Waals surface area contributed by atoms with Crippen molar-refractivity contribution in [2.75, 3.05) is 26.2 Å². The normalized spacial score (nSPS) is 12.3. The van der Waals surface area contributed by atoms with E-state index in [0.29, 0.717) is 19.7 Å². The van der Waals surface area contributed by atoms with Gasteiger partial charge in [-0.3, -0.25) is 9.69 Å². The van der Waals surface area contributed by atoms with Crippen molar-refractivity contribution in [2.45, 2.75) is 315 Å². The van der Waals surface area contributed by atoms with Crippen molar-refractivity contribution in [3.63, 3.8) is 0 Å². The van der Waals surface area contributed by atoms with Crippen LogP contribution in [0.3, 0.4) is 0 Å². The molecule has 0 radical (unpaired) electrons. The number of hydrogen-bond acceptors (Lipinski definition) is 5. The van der Waals surface area contributed by atoms with Crippen molar-refractivity contribution >= 4 is 18.4 Å². The van der Waals surface area contributed by atoms with Crippen LogP contribution in [0.5, 0.6) is 0 Å². The molecule has 0 bridgehead atoms. The summed E-state index contributed by atoms with van der Waals surface area (Å²) in [5.74, 6) is 0.0276. The van der Waals surface area contributed by atoms with Crippen LogP contribution in [0.2, 0.25) is 0 Å². The minimum atomic E-state index is -0.617. The zero-order valence-corrected chi connectivity index (χ0v) is 42.5. The third-order valence-electron chi connectivity index (χ3n) is 13.4. The maximum absolute atomic E-state index is 14.7. The Morgan fingerprint density at radius 1 is 0.450 bits per heavy atom. The lowest BCUT2D eigenvalue weighted by atomic mass is 9.83. The highest BCUT2D eigenvalue weighted by Gasteiger charge is 2.44. The van der Waals surface area contributed by atoms with E-state index >= 15 is 0 Å². The molecule has 0 fully saturated rings. The number of hydrogen-bond donors (Lipinski definition) is 2. The summed E-state index contributed by atoms with van der Waals surface area (Å²) in [5, 5.41) is 0. The predicted octanol–water partition coefficient (Wildman–Crippen LogP) is 17.1. The highest BCUT2D eigenvalue weighted by atomic mass is 35.5. The van der Waals surface area contributed by atoms with Crippen LogP contribution >= 0.6 is 12.4 Å². The summed E-state index contributed by atoms with van der Waals surface area (Å²) in [6.45, 7) is 11.7. The fourth-order valence-corrected chi connectivity index (χ4v) is 9.38. The molecule has 0 aromatic heterocycles. The van der Waals surface area contributed by atoms with Crippen molar-refractivity contribution in [1.82, 2.24) is 4.90 Å². The fourth-order valence-electron chi connectivity index (χ4n) is 9.38. The van der Waals surface area contributed by atoms with Gasteiger partial charge in [-0.15, -0.1) is 12.4 Å². The summed E-state index contributed by atoms with van der Waals surface area (Å²) in [5.41, 5.74) is 12.8. The van der Waals surface area contributed by atoms with Crippen molar-refractivity contribution in [3.8, 4) is 0 Å². The Morgan fingerprint density at radius 2 is 0.733 bits per heavy atom. The number of nitrogens with zero attached hydrogens (tertiary/aromatic N) is 1. The Bertz CT molecular complexity index is 805. The van der Waals surface area contributed by atoms with Gasteiger partial charge >= 0.3 is 5.97 Å². The minimum Gasteiger partial charge on any atom is -0.464 e. The lowest BCUT2D eigenvalue weighted by Gasteiger charge is -2.43. The monoisotopic (exact) mass is 870 g/mol. The van der Waals surface area contributed by atoms with Crippen molar-refractivity contribution in [3.05, 3.63) is 0 Å². The summed E-state index contributed by atoms with van der Waals surface area (Å²) in [6, 6.07) is 0.0603. The van der Waals surface area contributed by atoms with Crippen LogP contribution in [0.1, 0.15) is 304 Å². The van der Waals surface area contributed by atoms with Gasteiger partial charge in [0.05, 0.1) is 6.61 Å². The molecule has 0 aliphatic carbocycles. The van der Waals surface area contributed by atoms with E-state index in [1.165, 1.54) is 231 Å². The minimum absolute atomic E-state index is 0. The second kappa shape index (κ2) is 49.7. The number of unbranched alkanes of at least 4 members (excludes halogenated alkanes) is 36. The molecule has 1 unspecified atom stereocenters. The molecule has 0 aromatic carbocycles.